The predicted molar refractivity (Wildman–Crippen MR) is 115 cm³/mol. The van der Waals surface area contributed by atoms with E-state index in [9.17, 15) is 19.1 Å². The predicted octanol–water partition coefficient (Wildman–Crippen LogP) is 3.86. The van der Waals surface area contributed by atoms with E-state index in [-0.39, 0.29) is 16.9 Å². The number of rotatable bonds is 5. The summed E-state index contributed by atoms with van der Waals surface area (Å²) in [6.45, 7) is 0. The number of benzene rings is 2. The number of nitrogens with zero attached hydrogens (tertiary/aromatic N) is 2. The second-order valence-electron chi connectivity index (χ2n) is 6.97. The number of carbonyl (C=O) groups excluding carboxylic acids is 2. The first kappa shape index (κ1) is 21.0. The molecular weight excluding hydrogens is 415 g/mol. The number of aromatic nitrogens is 1. The van der Waals surface area contributed by atoms with E-state index in [1.54, 1.807) is 42.5 Å². The lowest BCUT2D eigenvalue weighted by atomic mass is 9.97. The first-order valence-electron chi connectivity index (χ1n) is 9.66. The Bertz CT molecular complexity index is 1230. The van der Waals surface area contributed by atoms with Crippen LogP contribution in [0.25, 0.3) is 5.76 Å². The molecule has 4 rings (SSSR count). The summed E-state index contributed by atoms with van der Waals surface area (Å²) in [5, 5.41) is 11.1. The van der Waals surface area contributed by atoms with E-state index in [4.69, 9.17) is 9.47 Å². The van der Waals surface area contributed by atoms with E-state index in [0.29, 0.717) is 17.1 Å². The third kappa shape index (κ3) is 3.56. The molecule has 0 spiro atoms. The SMILES string of the molecule is COc1cccc(N2C(=O)C(=O)/C(=C(/O)c3cc(F)ccc3OC)C2c2ccccn2)c1. The lowest BCUT2D eigenvalue weighted by Gasteiger charge is -2.25. The molecule has 2 heterocycles. The van der Waals surface area contributed by atoms with Crippen LogP contribution in [0.3, 0.4) is 0 Å². The second-order valence-corrected chi connectivity index (χ2v) is 6.97. The fourth-order valence-corrected chi connectivity index (χ4v) is 3.69. The van der Waals surface area contributed by atoms with Gasteiger partial charge >= 0.3 is 0 Å². The van der Waals surface area contributed by atoms with Crippen molar-refractivity contribution in [2.45, 2.75) is 6.04 Å². The first-order valence-corrected chi connectivity index (χ1v) is 9.66. The van der Waals surface area contributed by atoms with Crippen LogP contribution in [0.1, 0.15) is 17.3 Å². The standard InChI is InChI=1S/C24H19FN2O5/c1-31-16-7-5-6-15(13-16)27-21(18-8-3-4-11-26-18)20(23(29)24(27)30)22(28)17-12-14(25)9-10-19(17)32-2/h3-13,21,28H,1-2H3/b22-20+. The topological polar surface area (TPSA) is 89.0 Å². The fourth-order valence-electron chi connectivity index (χ4n) is 3.69. The summed E-state index contributed by atoms with van der Waals surface area (Å²) >= 11 is 0. The average Bonchev–Trinajstić information content (AvgIpc) is 3.09. The molecular formula is C24H19FN2O5. The molecule has 1 saturated heterocycles. The molecule has 1 atom stereocenters. The number of hydrogen-bond acceptors (Lipinski definition) is 6. The van der Waals surface area contributed by atoms with Gasteiger partial charge in [0, 0.05) is 18.0 Å². The minimum atomic E-state index is -1.05. The van der Waals surface area contributed by atoms with Gasteiger partial charge in [0.2, 0.25) is 0 Å². The van der Waals surface area contributed by atoms with Crippen LogP contribution in [0, 0.1) is 5.82 Å². The number of carbonyl (C=O) groups is 2. The summed E-state index contributed by atoms with van der Waals surface area (Å²) in [6.07, 6.45) is 1.52. The van der Waals surface area contributed by atoms with Crippen LogP contribution in [0.4, 0.5) is 10.1 Å². The largest absolute Gasteiger partial charge is 0.507 e. The Balaban J connectivity index is 1.98. The number of hydrogen-bond donors (Lipinski definition) is 1. The number of ether oxygens (including phenoxy) is 2. The van der Waals surface area contributed by atoms with Crippen molar-refractivity contribution < 1.29 is 28.6 Å². The highest BCUT2D eigenvalue weighted by Crippen LogP contribution is 2.43. The van der Waals surface area contributed by atoms with Crippen molar-refractivity contribution in [2.75, 3.05) is 19.1 Å². The molecule has 3 aromatic rings. The minimum Gasteiger partial charge on any atom is -0.507 e. The molecule has 32 heavy (non-hydrogen) atoms. The van der Waals surface area contributed by atoms with Gasteiger partial charge in [-0.25, -0.2) is 4.39 Å². The summed E-state index contributed by atoms with van der Waals surface area (Å²) in [6, 6.07) is 14.2. The molecule has 7 nitrogen and oxygen atoms in total. The highest BCUT2D eigenvalue weighted by molar-refractivity contribution is 6.51. The number of halogens is 1. The Labute approximate surface area is 183 Å². The number of Topliss-reactive ketones (excluding diaryl/α,β-unsaturated/α-hetero) is 1. The van der Waals surface area contributed by atoms with Gasteiger partial charge in [-0.1, -0.05) is 12.1 Å². The van der Waals surface area contributed by atoms with Gasteiger partial charge in [0.1, 0.15) is 29.1 Å². The highest BCUT2D eigenvalue weighted by Gasteiger charge is 2.48. The number of anilines is 1. The van der Waals surface area contributed by atoms with Crippen LogP contribution in [0.2, 0.25) is 0 Å². The van der Waals surface area contributed by atoms with Gasteiger partial charge in [0.25, 0.3) is 11.7 Å². The van der Waals surface area contributed by atoms with Crippen molar-refractivity contribution >= 4 is 23.1 Å². The second kappa shape index (κ2) is 8.50. The number of ketones is 1. The molecule has 8 heteroatoms. The normalized spacial score (nSPS) is 17.5. The van der Waals surface area contributed by atoms with Crippen molar-refractivity contribution in [3.63, 3.8) is 0 Å². The number of amides is 1. The number of pyridine rings is 1. The molecule has 1 aliphatic rings. The molecule has 1 N–H and O–H groups in total. The van der Waals surface area contributed by atoms with E-state index < -0.39 is 29.3 Å². The summed E-state index contributed by atoms with van der Waals surface area (Å²) in [5.74, 6) is -2.34. The maximum absolute atomic E-state index is 14.0. The summed E-state index contributed by atoms with van der Waals surface area (Å²) in [4.78, 5) is 31.8. The molecule has 0 aliphatic carbocycles. The van der Waals surface area contributed by atoms with Crippen LogP contribution in [0.5, 0.6) is 11.5 Å². The van der Waals surface area contributed by atoms with Gasteiger partial charge < -0.3 is 14.6 Å². The van der Waals surface area contributed by atoms with Crippen LogP contribution in [-0.4, -0.2) is 36.0 Å². The highest BCUT2D eigenvalue weighted by atomic mass is 19.1. The van der Waals surface area contributed by atoms with Gasteiger partial charge in [0.05, 0.1) is 31.1 Å². The molecule has 1 amide bonds. The molecule has 0 saturated carbocycles. The molecule has 1 aromatic heterocycles. The Hall–Kier alpha value is -4.20. The third-order valence-corrected chi connectivity index (χ3v) is 5.16. The quantitative estimate of drug-likeness (QED) is 0.373. The van der Waals surface area contributed by atoms with Crippen LogP contribution < -0.4 is 14.4 Å². The smallest absolute Gasteiger partial charge is 0.300 e. The van der Waals surface area contributed by atoms with Gasteiger partial charge in [0.15, 0.2) is 0 Å². The van der Waals surface area contributed by atoms with Crippen LogP contribution >= 0.6 is 0 Å². The Morgan fingerprint density at radius 2 is 1.84 bits per heavy atom. The Kier molecular flexibility index (Phi) is 5.59. The fraction of sp³-hybridized carbons (Fsp3) is 0.125. The zero-order valence-corrected chi connectivity index (χ0v) is 17.3. The maximum Gasteiger partial charge on any atom is 0.300 e. The monoisotopic (exact) mass is 434 g/mol. The van der Waals surface area contributed by atoms with Gasteiger partial charge in [-0.05, 0) is 42.5 Å². The summed E-state index contributed by atoms with van der Waals surface area (Å²) in [7, 11) is 2.84. The zero-order chi connectivity index (χ0) is 22.8. The number of aliphatic hydroxyl groups is 1. The molecule has 1 aliphatic heterocycles. The lowest BCUT2D eigenvalue weighted by molar-refractivity contribution is -0.132. The van der Waals surface area contributed by atoms with Crippen molar-refractivity contribution in [3.8, 4) is 11.5 Å². The van der Waals surface area contributed by atoms with E-state index in [1.807, 2.05) is 0 Å². The average molecular weight is 434 g/mol. The number of methoxy groups -OCH3 is 2. The van der Waals surface area contributed by atoms with Crippen molar-refractivity contribution in [1.82, 2.24) is 4.98 Å². The summed E-state index contributed by atoms with van der Waals surface area (Å²) in [5.41, 5.74) is 0.469. The van der Waals surface area contributed by atoms with Crippen molar-refractivity contribution in [1.29, 1.82) is 0 Å². The van der Waals surface area contributed by atoms with Crippen LogP contribution in [-0.2, 0) is 9.59 Å². The van der Waals surface area contributed by atoms with Crippen molar-refractivity contribution in [3.05, 3.63) is 89.5 Å². The van der Waals surface area contributed by atoms with E-state index in [1.165, 1.54) is 37.4 Å². The zero-order valence-electron chi connectivity index (χ0n) is 17.3. The van der Waals surface area contributed by atoms with Crippen molar-refractivity contribution in [2.24, 2.45) is 0 Å². The molecule has 0 radical (unpaired) electrons. The first-order chi connectivity index (χ1) is 15.5. The molecule has 162 valence electrons. The molecule has 1 unspecified atom stereocenters. The van der Waals surface area contributed by atoms with Gasteiger partial charge in [-0.2, -0.15) is 0 Å². The Morgan fingerprint density at radius 3 is 2.53 bits per heavy atom. The van der Waals surface area contributed by atoms with E-state index in [0.717, 1.165) is 6.07 Å². The Morgan fingerprint density at radius 1 is 1.03 bits per heavy atom. The number of aliphatic hydroxyl groups excluding tert-OH is 1. The molecule has 2 aromatic carbocycles. The molecule has 1 fully saturated rings. The third-order valence-electron chi connectivity index (χ3n) is 5.16. The maximum atomic E-state index is 14.0. The van der Waals surface area contributed by atoms with E-state index >= 15 is 0 Å². The van der Waals surface area contributed by atoms with Gasteiger partial charge in [-0.3, -0.25) is 19.5 Å². The summed E-state index contributed by atoms with van der Waals surface area (Å²) < 4.78 is 24.4. The van der Waals surface area contributed by atoms with E-state index in [2.05, 4.69) is 4.98 Å². The minimum absolute atomic E-state index is 0.0444. The molecule has 0 bridgehead atoms. The van der Waals surface area contributed by atoms with Crippen LogP contribution in [0.15, 0.2) is 72.4 Å². The lowest BCUT2D eigenvalue weighted by Crippen LogP contribution is -2.29. The van der Waals surface area contributed by atoms with Gasteiger partial charge in [-0.15, -0.1) is 0 Å².